The van der Waals surface area contributed by atoms with Gasteiger partial charge in [-0.1, -0.05) is 12.1 Å². The first-order valence-corrected chi connectivity index (χ1v) is 5.94. The Kier molecular flexibility index (Phi) is 4.25. The van der Waals surface area contributed by atoms with Crippen molar-refractivity contribution in [3.8, 4) is 5.75 Å². The molecule has 2 N–H and O–H groups in total. The molecule has 0 saturated heterocycles. The van der Waals surface area contributed by atoms with E-state index in [-0.39, 0.29) is 17.0 Å². The summed E-state index contributed by atoms with van der Waals surface area (Å²) in [5, 5.41) is 23.6. The van der Waals surface area contributed by atoms with Gasteiger partial charge in [0.2, 0.25) is 0 Å². The summed E-state index contributed by atoms with van der Waals surface area (Å²) >= 11 is 0. The molecule has 7 heteroatoms. The van der Waals surface area contributed by atoms with Gasteiger partial charge >= 0.3 is 0 Å². The molecule has 21 heavy (non-hydrogen) atoms. The molecule has 106 valence electrons. The Morgan fingerprint density at radius 3 is 2.52 bits per heavy atom. The van der Waals surface area contributed by atoms with Gasteiger partial charge in [0.05, 0.1) is 16.7 Å². The fourth-order valence-electron chi connectivity index (χ4n) is 1.60. The Morgan fingerprint density at radius 2 is 1.86 bits per heavy atom. The van der Waals surface area contributed by atoms with Gasteiger partial charge in [-0.2, -0.15) is 5.10 Å². The number of para-hydroxylation sites is 1. The van der Waals surface area contributed by atoms with E-state index in [1.165, 1.54) is 42.6 Å². The Balaban J connectivity index is 2.07. The molecule has 0 fully saturated rings. The van der Waals surface area contributed by atoms with Crippen LogP contribution < -0.4 is 5.43 Å². The molecule has 0 spiro atoms. The molecule has 1 amide bonds. The minimum Gasteiger partial charge on any atom is -0.508 e. The molecule has 0 saturated carbocycles. The van der Waals surface area contributed by atoms with Gasteiger partial charge < -0.3 is 5.11 Å². The highest BCUT2D eigenvalue weighted by molar-refractivity contribution is 5.95. The Labute approximate surface area is 119 Å². The third kappa shape index (κ3) is 3.63. The van der Waals surface area contributed by atoms with Crippen LogP contribution in [0, 0.1) is 10.1 Å². The molecule has 0 unspecified atom stereocenters. The third-order valence-corrected chi connectivity index (χ3v) is 2.63. The highest BCUT2D eigenvalue weighted by Crippen LogP contribution is 2.15. The van der Waals surface area contributed by atoms with Gasteiger partial charge in [0, 0.05) is 11.6 Å². The summed E-state index contributed by atoms with van der Waals surface area (Å²) in [5.41, 5.74) is 2.76. The molecule has 0 heterocycles. The van der Waals surface area contributed by atoms with Crippen LogP contribution in [0.25, 0.3) is 0 Å². The van der Waals surface area contributed by atoms with Gasteiger partial charge in [0.1, 0.15) is 5.75 Å². The van der Waals surface area contributed by atoms with E-state index in [0.29, 0.717) is 5.56 Å². The summed E-state index contributed by atoms with van der Waals surface area (Å²) in [6, 6.07) is 11.7. The minimum atomic E-state index is -0.525. The van der Waals surface area contributed by atoms with Crippen LogP contribution in [-0.4, -0.2) is 22.2 Å². The number of nitrogens with zero attached hydrogens (tertiary/aromatic N) is 2. The lowest BCUT2D eigenvalue weighted by atomic mass is 10.2. The summed E-state index contributed by atoms with van der Waals surface area (Å²) < 4.78 is 0. The van der Waals surface area contributed by atoms with E-state index in [1.54, 1.807) is 12.1 Å². The predicted molar refractivity (Wildman–Crippen MR) is 76.3 cm³/mol. The maximum absolute atomic E-state index is 11.7. The molecular formula is C14H11N3O4. The molecule has 2 aromatic carbocycles. The van der Waals surface area contributed by atoms with Crippen LogP contribution in [0.3, 0.4) is 0 Å². The van der Waals surface area contributed by atoms with E-state index in [4.69, 9.17) is 5.11 Å². The molecule has 0 radical (unpaired) electrons. The van der Waals surface area contributed by atoms with Gasteiger partial charge in [-0.25, -0.2) is 5.43 Å². The Morgan fingerprint density at radius 1 is 1.19 bits per heavy atom. The molecule has 0 aliphatic carbocycles. The van der Waals surface area contributed by atoms with Crippen molar-refractivity contribution in [3.05, 3.63) is 69.8 Å². The highest BCUT2D eigenvalue weighted by Gasteiger charge is 2.10. The van der Waals surface area contributed by atoms with Crippen molar-refractivity contribution in [3.63, 3.8) is 0 Å². The van der Waals surface area contributed by atoms with Crippen molar-refractivity contribution in [1.82, 2.24) is 5.43 Å². The summed E-state index contributed by atoms with van der Waals surface area (Å²) in [4.78, 5) is 22.0. The summed E-state index contributed by atoms with van der Waals surface area (Å²) in [6.45, 7) is 0. The van der Waals surface area contributed by atoms with Crippen molar-refractivity contribution < 1.29 is 14.8 Å². The summed E-state index contributed by atoms with van der Waals surface area (Å²) in [5.74, 6) is -0.431. The molecule has 0 aliphatic rings. The largest absolute Gasteiger partial charge is 0.508 e. The molecule has 2 aromatic rings. The first-order chi connectivity index (χ1) is 10.1. The zero-order valence-electron chi connectivity index (χ0n) is 10.8. The maximum atomic E-state index is 11.7. The summed E-state index contributed by atoms with van der Waals surface area (Å²) in [7, 11) is 0. The number of hydrazone groups is 1. The van der Waals surface area contributed by atoms with E-state index < -0.39 is 10.8 Å². The lowest BCUT2D eigenvalue weighted by molar-refractivity contribution is -0.385. The van der Waals surface area contributed by atoms with Crippen LogP contribution in [0.15, 0.2) is 53.6 Å². The molecule has 0 aromatic heterocycles. The summed E-state index contributed by atoms with van der Waals surface area (Å²) in [6.07, 6.45) is 1.20. The smallest absolute Gasteiger partial charge is 0.278 e. The van der Waals surface area contributed by atoms with E-state index in [2.05, 4.69) is 10.5 Å². The Bertz CT molecular complexity index is 696. The number of nitro benzene ring substituents is 1. The van der Waals surface area contributed by atoms with Gasteiger partial charge in [0.15, 0.2) is 0 Å². The van der Waals surface area contributed by atoms with Crippen LogP contribution in [-0.2, 0) is 0 Å². The molecular weight excluding hydrogens is 274 g/mol. The van der Waals surface area contributed by atoms with Crippen molar-refractivity contribution in [2.75, 3.05) is 0 Å². The van der Waals surface area contributed by atoms with E-state index in [1.807, 2.05) is 0 Å². The third-order valence-electron chi connectivity index (χ3n) is 2.63. The monoisotopic (exact) mass is 285 g/mol. The molecule has 7 nitrogen and oxygen atoms in total. The standard InChI is InChI=1S/C14H11N3O4/c18-12-7-5-10(6-8-12)14(19)16-15-9-11-3-1-2-4-13(11)17(20)21/h1-9,18H,(H,16,19). The van der Waals surface area contributed by atoms with Crippen molar-refractivity contribution in [2.24, 2.45) is 5.10 Å². The second-order valence-corrected chi connectivity index (χ2v) is 4.06. The number of benzene rings is 2. The number of amides is 1. The maximum Gasteiger partial charge on any atom is 0.278 e. The lowest BCUT2D eigenvalue weighted by Gasteiger charge is -2.00. The first-order valence-electron chi connectivity index (χ1n) is 5.94. The minimum absolute atomic E-state index is 0.0509. The number of carbonyl (C=O) groups excluding carboxylic acids is 1. The number of hydrogen-bond donors (Lipinski definition) is 2. The van der Waals surface area contributed by atoms with Crippen LogP contribution in [0.5, 0.6) is 5.75 Å². The van der Waals surface area contributed by atoms with Crippen LogP contribution >= 0.6 is 0 Å². The van der Waals surface area contributed by atoms with Crippen molar-refractivity contribution in [2.45, 2.75) is 0 Å². The number of aromatic hydroxyl groups is 1. The van der Waals surface area contributed by atoms with Gasteiger partial charge in [-0.05, 0) is 30.3 Å². The average molecular weight is 285 g/mol. The SMILES string of the molecule is O=C(NN=Cc1ccccc1[N+](=O)[O-])c1ccc(O)cc1. The molecule has 0 atom stereocenters. The predicted octanol–water partition coefficient (Wildman–Crippen LogP) is 2.06. The Hall–Kier alpha value is -3.22. The molecule has 0 bridgehead atoms. The fraction of sp³-hybridized carbons (Fsp3) is 0. The lowest BCUT2D eigenvalue weighted by Crippen LogP contribution is -2.17. The van der Waals surface area contributed by atoms with E-state index in [0.717, 1.165) is 0 Å². The average Bonchev–Trinajstić information content (AvgIpc) is 2.48. The molecule has 0 aliphatic heterocycles. The van der Waals surface area contributed by atoms with Gasteiger partial charge in [0.25, 0.3) is 11.6 Å². The number of carbonyl (C=O) groups is 1. The number of nitro groups is 1. The van der Waals surface area contributed by atoms with Crippen molar-refractivity contribution in [1.29, 1.82) is 0 Å². The van der Waals surface area contributed by atoms with Crippen LogP contribution in [0.2, 0.25) is 0 Å². The van der Waals surface area contributed by atoms with Gasteiger partial charge in [-0.3, -0.25) is 14.9 Å². The van der Waals surface area contributed by atoms with Gasteiger partial charge in [-0.15, -0.1) is 0 Å². The topological polar surface area (TPSA) is 105 Å². The number of nitrogens with one attached hydrogen (secondary N) is 1. The number of rotatable bonds is 4. The first kappa shape index (κ1) is 14.2. The second-order valence-electron chi connectivity index (χ2n) is 4.06. The zero-order chi connectivity index (χ0) is 15.2. The zero-order valence-corrected chi connectivity index (χ0v) is 10.8. The van der Waals surface area contributed by atoms with Crippen LogP contribution in [0.1, 0.15) is 15.9 Å². The van der Waals surface area contributed by atoms with Crippen molar-refractivity contribution >= 4 is 17.8 Å². The van der Waals surface area contributed by atoms with Crippen LogP contribution in [0.4, 0.5) is 5.69 Å². The van der Waals surface area contributed by atoms with E-state index >= 15 is 0 Å². The quantitative estimate of drug-likeness (QED) is 0.509. The second kappa shape index (κ2) is 6.29. The van der Waals surface area contributed by atoms with E-state index in [9.17, 15) is 14.9 Å². The number of phenolic OH excluding ortho intramolecular Hbond substituents is 1. The number of hydrogen-bond acceptors (Lipinski definition) is 5. The fourth-order valence-corrected chi connectivity index (χ4v) is 1.60. The number of phenols is 1. The normalized spacial score (nSPS) is 10.5. The molecule has 2 rings (SSSR count). The highest BCUT2D eigenvalue weighted by atomic mass is 16.6.